The molecule has 3 heterocycles. The highest BCUT2D eigenvalue weighted by atomic mass is 19.4. The minimum atomic E-state index is -4.63. The molecule has 0 bridgehead atoms. The van der Waals surface area contributed by atoms with Crippen molar-refractivity contribution in [3.8, 4) is 0 Å². The summed E-state index contributed by atoms with van der Waals surface area (Å²) in [4.78, 5) is 32.2. The number of rotatable bonds is 4. The van der Waals surface area contributed by atoms with Crippen LogP contribution in [0.5, 0.6) is 0 Å². The zero-order valence-corrected chi connectivity index (χ0v) is 17.3. The Morgan fingerprint density at radius 3 is 2.56 bits per heavy atom. The molecule has 1 saturated heterocycles. The molecule has 1 aliphatic rings. The number of halogens is 3. The molecule has 1 aromatic carbocycles. The average Bonchev–Trinajstić information content (AvgIpc) is 3.15. The molecule has 1 fully saturated rings. The van der Waals surface area contributed by atoms with E-state index in [-0.39, 0.29) is 18.1 Å². The van der Waals surface area contributed by atoms with Crippen LogP contribution in [0, 0.1) is 0 Å². The smallest absolute Gasteiger partial charge is 0.339 e. The van der Waals surface area contributed by atoms with Gasteiger partial charge in [0.2, 0.25) is 5.91 Å². The maximum absolute atomic E-state index is 12.8. The third-order valence-corrected chi connectivity index (χ3v) is 5.24. The Balaban J connectivity index is 1.45. The van der Waals surface area contributed by atoms with Gasteiger partial charge in [0.15, 0.2) is 0 Å². The lowest BCUT2D eigenvalue weighted by Gasteiger charge is -2.32. The number of fused-ring (bicyclic) bond motifs is 1. The van der Waals surface area contributed by atoms with Gasteiger partial charge in [-0.3, -0.25) is 14.3 Å². The van der Waals surface area contributed by atoms with Gasteiger partial charge in [0.25, 0.3) is 5.91 Å². The van der Waals surface area contributed by atoms with Gasteiger partial charge in [0.05, 0.1) is 5.52 Å². The van der Waals surface area contributed by atoms with Gasteiger partial charge in [-0.2, -0.15) is 18.3 Å². The van der Waals surface area contributed by atoms with Crippen LogP contribution in [0.2, 0.25) is 0 Å². The fourth-order valence-electron chi connectivity index (χ4n) is 3.44. The molecule has 32 heavy (non-hydrogen) atoms. The molecular formula is C21H21F3N6O2. The van der Waals surface area contributed by atoms with Crippen molar-refractivity contribution in [3.63, 3.8) is 0 Å². The Bertz CT molecular complexity index is 1150. The number of carbonyl (C=O) groups excluding carboxylic acids is 2. The number of nitrogens with zero attached hydrogens (tertiary/aromatic N) is 5. The number of hydrogen-bond donors (Lipinski definition) is 1. The lowest BCUT2D eigenvalue weighted by atomic mass is 10.2. The fourth-order valence-corrected chi connectivity index (χ4v) is 3.44. The molecule has 0 saturated carbocycles. The topological polar surface area (TPSA) is 83.4 Å². The molecule has 0 radical (unpaired) electrons. The molecule has 0 atom stereocenters. The van der Waals surface area contributed by atoms with E-state index in [1.165, 1.54) is 6.07 Å². The number of anilines is 1. The molecule has 0 unspecified atom stereocenters. The van der Waals surface area contributed by atoms with Gasteiger partial charge < -0.3 is 15.1 Å². The van der Waals surface area contributed by atoms with Gasteiger partial charge in [0, 0.05) is 43.4 Å². The van der Waals surface area contributed by atoms with E-state index in [9.17, 15) is 22.8 Å². The molecule has 0 spiro atoms. The van der Waals surface area contributed by atoms with Crippen LogP contribution in [-0.4, -0.2) is 69.6 Å². The van der Waals surface area contributed by atoms with Crippen molar-refractivity contribution in [2.75, 3.05) is 38.5 Å². The van der Waals surface area contributed by atoms with Crippen molar-refractivity contribution in [3.05, 3.63) is 54.0 Å². The summed E-state index contributed by atoms with van der Waals surface area (Å²) in [6.07, 6.45) is -2.94. The standard InChI is InChI=1S/C21H21F3N6O2/c1-28-7-9-29(10-8-28)19(31)13-30-12-14-11-15(5-6-16(14)27-30)25-20(32)17-3-2-4-18(26-17)21(22,23)24/h2-6,11-12H,7-10,13H2,1H3,(H,25,32). The van der Waals surface area contributed by atoms with Crippen LogP contribution in [-0.2, 0) is 17.5 Å². The number of aromatic nitrogens is 3. The third kappa shape index (κ3) is 4.88. The van der Waals surface area contributed by atoms with E-state index in [2.05, 4.69) is 20.3 Å². The highest BCUT2D eigenvalue weighted by Gasteiger charge is 2.33. The second-order valence-electron chi connectivity index (χ2n) is 7.64. The first-order valence-electron chi connectivity index (χ1n) is 9.98. The zero-order valence-electron chi connectivity index (χ0n) is 17.3. The lowest BCUT2D eigenvalue weighted by molar-refractivity contribution is -0.141. The first-order valence-corrected chi connectivity index (χ1v) is 9.98. The van der Waals surface area contributed by atoms with E-state index < -0.39 is 17.8 Å². The normalized spacial score (nSPS) is 15.2. The van der Waals surface area contributed by atoms with Crippen LogP contribution >= 0.6 is 0 Å². The molecule has 4 rings (SSSR count). The first kappa shape index (κ1) is 21.8. The van der Waals surface area contributed by atoms with Crippen molar-refractivity contribution in [2.24, 2.45) is 0 Å². The lowest BCUT2D eigenvalue weighted by Crippen LogP contribution is -2.48. The van der Waals surface area contributed by atoms with Gasteiger partial charge in [-0.15, -0.1) is 0 Å². The van der Waals surface area contributed by atoms with Crippen LogP contribution < -0.4 is 5.32 Å². The maximum atomic E-state index is 12.8. The van der Waals surface area contributed by atoms with Gasteiger partial charge in [-0.25, -0.2) is 4.98 Å². The summed E-state index contributed by atoms with van der Waals surface area (Å²) in [6, 6.07) is 8.06. The van der Waals surface area contributed by atoms with Crippen LogP contribution in [0.15, 0.2) is 42.6 Å². The van der Waals surface area contributed by atoms with E-state index in [0.717, 1.165) is 25.2 Å². The number of carbonyl (C=O) groups is 2. The number of amides is 2. The molecule has 8 nitrogen and oxygen atoms in total. The molecule has 0 aliphatic carbocycles. The second kappa shape index (κ2) is 8.58. The largest absolute Gasteiger partial charge is 0.433 e. The molecule has 3 aromatic rings. The Morgan fingerprint density at radius 1 is 1.09 bits per heavy atom. The van der Waals surface area contributed by atoms with E-state index >= 15 is 0 Å². The van der Waals surface area contributed by atoms with Crippen LogP contribution in [0.4, 0.5) is 18.9 Å². The molecule has 1 aliphatic heterocycles. The minimum Gasteiger partial charge on any atom is -0.339 e. The van der Waals surface area contributed by atoms with Gasteiger partial charge >= 0.3 is 6.18 Å². The summed E-state index contributed by atoms with van der Waals surface area (Å²) in [6.45, 7) is 3.12. The Kier molecular flexibility index (Phi) is 5.83. The van der Waals surface area contributed by atoms with Crippen molar-refractivity contribution in [1.82, 2.24) is 24.6 Å². The van der Waals surface area contributed by atoms with E-state index in [1.807, 2.05) is 7.05 Å². The number of hydrogen-bond acceptors (Lipinski definition) is 5. The van der Waals surface area contributed by atoms with Crippen LogP contribution in [0.3, 0.4) is 0 Å². The highest BCUT2D eigenvalue weighted by Crippen LogP contribution is 2.27. The first-order chi connectivity index (χ1) is 15.2. The number of benzene rings is 1. The van der Waals surface area contributed by atoms with Gasteiger partial charge in [0.1, 0.15) is 17.9 Å². The molecule has 2 aromatic heterocycles. The van der Waals surface area contributed by atoms with Crippen molar-refractivity contribution in [1.29, 1.82) is 0 Å². The fraction of sp³-hybridized carbons (Fsp3) is 0.333. The zero-order chi connectivity index (χ0) is 22.9. The third-order valence-electron chi connectivity index (χ3n) is 5.24. The quantitative estimate of drug-likeness (QED) is 0.666. The number of nitrogens with one attached hydrogen (secondary N) is 1. The molecule has 1 N–H and O–H groups in total. The molecular weight excluding hydrogens is 425 g/mol. The predicted octanol–water partition coefficient (Wildman–Crippen LogP) is 2.48. The van der Waals surface area contributed by atoms with Crippen LogP contribution in [0.1, 0.15) is 16.2 Å². The summed E-state index contributed by atoms with van der Waals surface area (Å²) in [5, 5.41) is 7.62. The van der Waals surface area contributed by atoms with Crippen molar-refractivity contribution >= 4 is 28.4 Å². The molecule has 11 heteroatoms. The Labute approximate surface area is 181 Å². The van der Waals surface area contributed by atoms with Gasteiger partial charge in [-0.1, -0.05) is 6.07 Å². The maximum Gasteiger partial charge on any atom is 0.433 e. The highest BCUT2D eigenvalue weighted by molar-refractivity contribution is 6.03. The number of alkyl halides is 3. The Morgan fingerprint density at radius 2 is 1.84 bits per heavy atom. The van der Waals surface area contributed by atoms with E-state index in [1.54, 1.807) is 34.0 Å². The molecule has 2 amide bonds. The van der Waals surface area contributed by atoms with E-state index in [4.69, 9.17) is 0 Å². The van der Waals surface area contributed by atoms with Crippen LogP contribution in [0.25, 0.3) is 10.9 Å². The Hall–Kier alpha value is -3.47. The summed E-state index contributed by atoms with van der Waals surface area (Å²) in [5.41, 5.74) is -0.460. The van der Waals surface area contributed by atoms with Gasteiger partial charge in [-0.05, 0) is 37.4 Å². The monoisotopic (exact) mass is 446 g/mol. The SMILES string of the molecule is CN1CCN(C(=O)Cn2cc3cc(NC(=O)c4cccc(C(F)(F)F)n4)ccc3n2)CC1. The average molecular weight is 446 g/mol. The summed E-state index contributed by atoms with van der Waals surface area (Å²) >= 11 is 0. The number of likely N-dealkylation sites (N-methyl/N-ethyl adjacent to an activating group) is 1. The number of pyridine rings is 1. The number of piperazine rings is 1. The summed E-state index contributed by atoms with van der Waals surface area (Å²) < 4.78 is 40.0. The van der Waals surface area contributed by atoms with E-state index in [0.29, 0.717) is 29.7 Å². The second-order valence-corrected chi connectivity index (χ2v) is 7.64. The summed E-state index contributed by atoms with van der Waals surface area (Å²) in [7, 11) is 2.02. The predicted molar refractivity (Wildman–Crippen MR) is 111 cm³/mol. The van der Waals surface area contributed by atoms with Crippen molar-refractivity contribution in [2.45, 2.75) is 12.7 Å². The molecule has 168 valence electrons. The summed E-state index contributed by atoms with van der Waals surface area (Å²) in [5.74, 6) is -0.775. The van der Waals surface area contributed by atoms with Crippen molar-refractivity contribution < 1.29 is 22.8 Å². The minimum absolute atomic E-state index is 0.0185.